The fourth-order valence-corrected chi connectivity index (χ4v) is 2.24. The molecule has 3 aromatic rings. The zero-order chi connectivity index (χ0) is 15.4. The Labute approximate surface area is 156 Å². The summed E-state index contributed by atoms with van der Waals surface area (Å²) in [5.41, 5.74) is 1.00. The molecule has 1 heterocycles. The van der Waals surface area contributed by atoms with Crippen molar-refractivity contribution in [1.82, 2.24) is 4.98 Å². The number of benzene rings is 2. The normalized spacial score (nSPS) is 10.1. The summed E-state index contributed by atoms with van der Waals surface area (Å²) in [5, 5.41) is 11.1. The van der Waals surface area contributed by atoms with Crippen molar-refractivity contribution in [3.8, 4) is 5.75 Å². The van der Waals surface area contributed by atoms with Crippen molar-refractivity contribution in [3.63, 3.8) is 0 Å². The minimum absolute atomic E-state index is 0. The summed E-state index contributed by atoms with van der Waals surface area (Å²) in [6.07, 6.45) is 2.26. The second-order valence-electron chi connectivity index (χ2n) is 4.96. The van der Waals surface area contributed by atoms with Gasteiger partial charge in [-0.05, 0) is 34.5 Å². The Morgan fingerprint density at radius 2 is 1.83 bits per heavy atom. The number of nitrogens with zero attached hydrogens (tertiary/aromatic N) is 1. The van der Waals surface area contributed by atoms with Gasteiger partial charge in [0.05, 0.1) is 6.61 Å². The average molecular weight is 317 g/mol. The molecule has 0 saturated carbocycles. The van der Waals surface area contributed by atoms with Gasteiger partial charge in [0.25, 0.3) is 0 Å². The van der Waals surface area contributed by atoms with Gasteiger partial charge < -0.3 is 9.84 Å². The molecular weight excluding hydrogens is 301 g/mol. The Hall–Kier alpha value is -1.88. The molecule has 0 aliphatic heterocycles. The van der Waals surface area contributed by atoms with Gasteiger partial charge in [-0.25, -0.2) is 9.78 Å². The summed E-state index contributed by atoms with van der Waals surface area (Å²) in [5.74, 6) is -0.187. The first-order valence-electron chi connectivity index (χ1n) is 7.02. The van der Waals surface area contributed by atoms with Crippen LogP contribution in [0.15, 0.2) is 60.8 Å². The van der Waals surface area contributed by atoms with Crippen molar-refractivity contribution < 1.29 is 14.6 Å². The maximum absolute atomic E-state index is 10.7. The number of fused-ring (bicyclic) bond motifs is 1. The van der Waals surface area contributed by atoms with E-state index in [1.807, 2.05) is 30.3 Å². The number of ether oxygens (including phenoxy) is 1. The summed E-state index contributed by atoms with van der Waals surface area (Å²) >= 11 is 0. The third-order valence-electron chi connectivity index (χ3n) is 3.42. The second kappa shape index (κ2) is 8.11. The standard InChI is InChI=1S/C18H15NO3.Na.H/c20-18(21)17-8-5-13(12-19-17)9-10-22-16-7-6-14-3-1-2-4-15(14)11-16;;/h1-8,11-12H,9-10H2,(H,20,21);;. The molecular formula is C18H16NNaO3. The molecule has 0 fully saturated rings. The predicted octanol–water partition coefficient (Wildman–Crippen LogP) is 2.91. The summed E-state index contributed by atoms with van der Waals surface area (Å²) in [7, 11) is 0. The Morgan fingerprint density at radius 1 is 1.04 bits per heavy atom. The molecule has 0 atom stereocenters. The fourth-order valence-electron chi connectivity index (χ4n) is 2.24. The summed E-state index contributed by atoms with van der Waals surface area (Å²) in [6, 6.07) is 17.4. The zero-order valence-electron chi connectivity index (χ0n) is 11.9. The number of carboxylic acid groups (broad SMARTS) is 1. The Balaban J connectivity index is 0.00000192. The molecule has 0 amide bonds. The SMILES string of the molecule is O=C(O)c1ccc(CCOc2ccc3ccccc3c2)cn1.[NaH]. The van der Waals surface area contributed by atoms with Crippen LogP contribution in [0.5, 0.6) is 5.75 Å². The van der Waals surface area contributed by atoms with Gasteiger partial charge in [0.1, 0.15) is 11.4 Å². The summed E-state index contributed by atoms with van der Waals surface area (Å²) < 4.78 is 5.75. The molecule has 0 bridgehead atoms. The van der Waals surface area contributed by atoms with E-state index in [9.17, 15) is 4.79 Å². The molecule has 1 aromatic heterocycles. The van der Waals surface area contributed by atoms with E-state index in [2.05, 4.69) is 17.1 Å². The van der Waals surface area contributed by atoms with E-state index < -0.39 is 5.97 Å². The Morgan fingerprint density at radius 3 is 2.52 bits per heavy atom. The van der Waals surface area contributed by atoms with Crippen LogP contribution < -0.4 is 4.74 Å². The maximum atomic E-state index is 10.7. The molecule has 0 radical (unpaired) electrons. The van der Waals surface area contributed by atoms with Crippen LogP contribution in [0.1, 0.15) is 16.1 Å². The minimum atomic E-state index is -1.01. The van der Waals surface area contributed by atoms with Crippen LogP contribution in [0.3, 0.4) is 0 Å². The van der Waals surface area contributed by atoms with Crippen molar-refractivity contribution in [3.05, 3.63) is 72.1 Å². The number of hydrogen-bond donors (Lipinski definition) is 1. The van der Waals surface area contributed by atoms with Gasteiger partial charge >= 0.3 is 35.5 Å². The molecule has 0 unspecified atom stereocenters. The van der Waals surface area contributed by atoms with Crippen LogP contribution in [-0.2, 0) is 6.42 Å². The van der Waals surface area contributed by atoms with Crippen LogP contribution in [0, 0.1) is 0 Å². The van der Waals surface area contributed by atoms with Crippen molar-refractivity contribution in [2.75, 3.05) is 6.61 Å². The van der Waals surface area contributed by atoms with E-state index in [0.29, 0.717) is 13.0 Å². The molecule has 0 aliphatic carbocycles. The molecule has 0 aliphatic rings. The molecule has 23 heavy (non-hydrogen) atoms. The second-order valence-corrected chi connectivity index (χ2v) is 4.96. The van der Waals surface area contributed by atoms with Gasteiger partial charge in [-0.15, -0.1) is 0 Å². The van der Waals surface area contributed by atoms with E-state index in [4.69, 9.17) is 9.84 Å². The van der Waals surface area contributed by atoms with Crippen LogP contribution >= 0.6 is 0 Å². The van der Waals surface area contributed by atoms with E-state index in [1.165, 1.54) is 11.5 Å². The number of aromatic carboxylic acids is 1. The van der Waals surface area contributed by atoms with Crippen molar-refractivity contribution in [1.29, 1.82) is 0 Å². The first-order chi connectivity index (χ1) is 10.7. The molecule has 4 nitrogen and oxygen atoms in total. The third-order valence-corrected chi connectivity index (χ3v) is 3.42. The van der Waals surface area contributed by atoms with Crippen molar-refractivity contribution in [2.45, 2.75) is 6.42 Å². The van der Waals surface area contributed by atoms with Gasteiger partial charge in [-0.3, -0.25) is 0 Å². The van der Waals surface area contributed by atoms with Crippen molar-refractivity contribution in [2.24, 2.45) is 0 Å². The monoisotopic (exact) mass is 317 g/mol. The van der Waals surface area contributed by atoms with E-state index in [-0.39, 0.29) is 35.3 Å². The van der Waals surface area contributed by atoms with Gasteiger partial charge in [-0.1, -0.05) is 36.4 Å². The van der Waals surface area contributed by atoms with E-state index >= 15 is 0 Å². The number of rotatable bonds is 5. The third kappa shape index (κ3) is 4.55. The van der Waals surface area contributed by atoms with Crippen LogP contribution in [0.25, 0.3) is 10.8 Å². The Bertz CT molecular complexity index is 803. The average Bonchev–Trinajstić information content (AvgIpc) is 2.55. The zero-order valence-corrected chi connectivity index (χ0v) is 11.9. The van der Waals surface area contributed by atoms with Crippen LogP contribution in [0.4, 0.5) is 0 Å². The first-order valence-corrected chi connectivity index (χ1v) is 7.02. The number of hydrogen-bond acceptors (Lipinski definition) is 3. The quantitative estimate of drug-likeness (QED) is 0.735. The molecule has 1 N–H and O–H groups in total. The molecule has 5 heteroatoms. The van der Waals surface area contributed by atoms with Gasteiger partial charge in [0.2, 0.25) is 0 Å². The van der Waals surface area contributed by atoms with Crippen LogP contribution in [0.2, 0.25) is 0 Å². The Kier molecular flexibility index (Phi) is 6.16. The predicted molar refractivity (Wildman–Crippen MR) is 91.5 cm³/mol. The summed E-state index contributed by atoms with van der Waals surface area (Å²) in [4.78, 5) is 14.6. The van der Waals surface area contributed by atoms with E-state index in [0.717, 1.165) is 16.7 Å². The molecule has 0 saturated heterocycles. The molecule has 112 valence electrons. The number of carboxylic acids is 1. The number of carbonyl (C=O) groups is 1. The first kappa shape index (κ1) is 17.5. The van der Waals surface area contributed by atoms with Gasteiger partial charge in [0, 0.05) is 12.6 Å². The van der Waals surface area contributed by atoms with Gasteiger partial charge in [-0.2, -0.15) is 0 Å². The fraction of sp³-hybridized carbons (Fsp3) is 0.111. The van der Waals surface area contributed by atoms with Crippen LogP contribution in [-0.4, -0.2) is 52.2 Å². The topological polar surface area (TPSA) is 59.4 Å². The molecule has 3 rings (SSSR count). The summed E-state index contributed by atoms with van der Waals surface area (Å²) in [6.45, 7) is 0.520. The number of aromatic nitrogens is 1. The van der Waals surface area contributed by atoms with Crippen molar-refractivity contribution >= 4 is 46.3 Å². The molecule has 2 aromatic carbocycles. The van der Waals surface area contributed by atoms with Gasteiger partial charge in [0.15, 0.2) is 0 Å². The van der Waals surface area contributed by atoms with E-state index in [1.54, 1.807) is 12.3 Å². The molecule has 0 spiro atoms. The number of pyridine rings is 1.